The summed E-state index contributed by atoms with van der Waals surface area (Å²) in [4.78, 5) is 8.64. The summed E-state index contributed by atoms with van der Waals surface area (Å²) in [5, 5.41) is 8.01. The van der Waals surface area contributed by atoms with E-state index < -0.39 is 0 Å². The molecule has 7 nitrogen and oxygen atoms in total. The molecule has 3 aromatic rings. The van der Waals surface area contributed by atoms with Crippen LogP contribution in [0.4, 0.5) is 11.8 Å². The number of rotatable bonds is 6. The van der Waals surface area contributed by atoms with Crippen LogP contribution in [0.5, 0.6) is 0 Å². The third-order valence-electron chi connectivity index (χ3n) is 4.93. The second-order valence-electron chi connectivity index (χ2n) is 6.95. The molecule has 2 aromatic heterocycles. The molecule has 1 aromatic carbocycles. The predicted molar refractivity (Wildman–Crippen MR) is 104 cm³/mol. The predicted octanol–water partition coefficient (Wildman–Crippen LogP) is 2.61. The number of hydrogen-bond donors (Lipinski definition) is 3. The maximum absolute atomic E-state index is 6.13. The molecule has 0 unspecified atom stereocenters. The fraction of sp³-hybridized carbons (Fsp3) is 0.421. The van der Waals surface area contributed by atoms with Gasteiger partial charge < -0.3 is 16.8 Å². The molecule has 26 heavy (non-hydrogen) atoms. The maximum atomic E-state index is 6.13. The van der Waals surface area contributed by atoms with E-state index in [1.54, 1.807) is 0 Å². The number of fused-ring (bicyclic) bond motifs is 2. The van der Waals surface area contributed by atoms with E-state index in [1.165, 1.54) is 16.7 Å². The lowest BCUT2D eigenvalue weighted by Gasteiger charge is -2.07. The Balaban J connectivity index is 1.60. The van der Waals surface area contributed by atoms with Crippen LogP contribution < -0.4 is 16.8 Å². The molecule has 1 atom stereocenters. The Labute approximate surface area is 152 Å². The fourth-order valence-electron chi connectivity index (χ4n) is 3.55. The van der Waals surface area contributed by atoms with Crippen molar-refractivity contribution in [1.29, 1.82) is 0 Å². The summed E-state index contributed by atoms with van der Waals surface area (Å²) >= 11 is 0. The molecule has 0 radical (unpaired) electrons. The topological polar surface area (TPSA) is 108 Å². The van der Waals surface area contributed by atoms with Gasteiger partial charge in [-0.1, -0.05) is 31.5 Å². The molecule has 4 rings (SSSR count). The van der Waals surface area contributed by atoms with Gasteiger partial charge in [-0.3, -0.25) is 4.68 Å². The number of benzene rings is 1. The minimum atomic E-state index is 0.182. The Morgan fingerprint density at radius 1 is 1.31 bits per heavy atom. The molecule has 1 aliphatic carbocycles. The van der Waals surface area contributed by atoms with Crippen molar-refractivity contribution in [2.45, 2.75) is 45.2 Å². The maximum Gasteiger partial charge on any atom is 0.222 e. The molecular weight excluding hydrogens is 326 g/mol. The van der Waals surface area contributed by atoms with Crippen molar-refractivity contribution < 1.29 is 0 Å². The first-order valence-corrected chi connectivity index (χ1v) is 9.26. The Bertz CT molecular complexity index is 931. The lowest BCUT2D eigenvalue weighted by Crippen LogP contribution is -2.07. The van der Waals surface area contributed by atoms with E-state index in [9.17, 15) is 0 Å². The molecular formula is C19H25N7. The lowest BCUT2D eigenvalue weighted by molar-refractivity contribution is 0.694. The van der Waals surface area contributed by atoms with E-state index in [1.807, 2.05) is 10.9 Å². The largest absolute Gasteiger partial charge is 0.368 e. The van der Waals surface area contributed by atoms with E-state index in [2.05, 4.69) is 45.5 Å². The molecule has 0 bridgehead atoms. The number of nitrogen functional groups attached to an aromatic ring is 1. The molecule has 0 aliphatic heterocycles. The standard InChI is InChI=1S/C19H25N7/c1-2-3-8-22-18-17-16(23-19(21)24-18)11-26(25-17)10-12-4-6-14-13(9-12)5-7-15(14)20/h4,6,9,11,15H,2-3,5,7-8,10,20H2,1H3,(H3,21,22,23,24)/t15-/m0/s1. The first-order valence-electron chi connectivity index (χ1n) is 9.26. The van der Waals surface area contributed by atoms with Crippen molar-refractivity contribution in [3.63, 3.8) is 0 Å². The number of aromatic nitrogens is 4. The van der Waals surface area contributed by atoms with Gasteiger partial charge in [-0.15, -0.1) is 0 Å². The number of unbranched alkanes of at least 4 members (excludes halogenated alkanes) is 1. The van der Waals surface area contributed by atoms with Gasteiger partial charge in [-0.2, -0.15) is 10.1 Å². The van der Waals surface area contributed by atoms with Crippen molar-refractivity contribution in [2.24, 2.45) is 5.73 Å². The molecule has 2 heterocycles. The van der Waals surface area contributed by atoms with Gasteiger partial charge in [0.15, 0.2) is 11.3 Å². The van der Waals surface area contributed by atoms with Crippen LogP contribution in [-0.2, 0) is 13.0 Å². The van der Waals surface area contributed by atoms with Crippen molar-refractivity contribution in [3.8, 4) is 0 Å². The summed E-state index contributed by atoms with van der Waals surface area (Å²) in [6.07, 6.45) is 6.21. The van der Waals surface area contributed by atoms with Crippen LogP contribution >= 0.6 is 0 Å². The summed E-state index contributed by atoms with van der Waals surface area (Å²) in [5.74, 6) is 0.974. The van der Waals surface area contributed by atoms with Crippen LogP contribution in [0.25, 0.3) is 11.0 Å². The molecule has 7 heteroatoms. The Morgan fingerprint density at radius 2 is 2.19 bits per heavy atom. The number of aryl methyl sites for hydroxylation is 1. The zero-order valence-corrected chi connectivity index (χ0v) is 15.1. The average Bonchev–Trinajstić information content (AvgIpc) is 3.18. The Morgan fingerprint density at radius 3 is 3.04 bits per heavy atom. The smallest absolute Gasteiger partial charge is 0.222 e. The summed E-state index contributed by atoms with van der Waals surface area (Å²) in [6.45, 7) is 3.69. The van der Waals surface area contributed by atoms with Crippen LogP contribution in [0.15, 0.2) is 24.4 Å². The van der Waals surface area contributed by atoms with E-state index >= 15 is 0 Å². The van der Waals surface area contributed by atoms with Crippen LogP contribution in [-0.4, -0.2) is 26.3 Å². The first-order chi connectivity index (χ1) is 12.6. The van der Waals surface area contributed by atoms with Gasteiger partial charge >= 0.3 is 0 Å². The summed E-state index contributed by atoms with van der Waals surface area (Å²) < 4.78 is 1.90. The molecule has 0 saturated carbocycles. The zero-order valence-electron chi connectivity index (χ0n) is 15.1. The summed E-state index contributed by atoms with van der Waals surface area (Å²) in [7, 11) is 0. The van der Waals surface area contributed by atoms with Crippen LogP contribution in [0.1, 0.15) is 48.9 Å². The van der Waals surface area contributed by atoms with Gasteiger partial charge in [0.05, 0.1) is 12.7 Å². The van der Waals surface area contributed by atoms with Gasteiger partial charge in [0.2, 0.25) is 5.95 Å². The lowest BCUT2D eigenvalue weighted by atomic mass is 10.1. The number of hydrogen-bond acceptors (Lipinski definition) is 6. The van der Waals surface area contributed by atoms with E-state index in [-0.39, 0.29) is 12.0 Å². The van der Waals surface area contributed by atoms with Crippen molar-refractivity contribution in [3.05, 3.63) is 41.1 Å². The molecule has 5 N–H and O–H groups in total. The molecule has 136 valence electrons. The minimum absolute atomic E-state index is 0.182. The van der Waals surface area contributed by atoms with Gasteiger partial charge in [-0.05, 0) is 36.0 Å². The number of anilines is 2. The van der Waals surface area contributed by atoms with Gasteiger partial charge in [0, 0.05) is 12.6 Å². The van der Waals surface area contributed by atoms with Crippen LogP contribution in [0.2, 0.25) is 0 Å². The molecule has 0 spiro atoms. The summed E-state index contributed by atoms with van der Waals surface area (Å²) in [5.41, 5.74) is 17.4. The molecule has 0 amide bonds. The van der Waals surface area contributed by atoms with Crippen molar-refractivity contribution in [1.82, 2.24) is 19.7 Å². The minimum Gasteiger partial charge on any atom is -0.368 e. The number of nitrogens with one attached hydrogen (secondary N) is 1. The van der Waals surface area contributed by atoms with E-state index in [4.69, 9.17) is 11.5 Å². The van der Waals surface area contributed by atoms with Gasteiger partial charge in [-0.25, -0.2) is 4.98 Å². The highest BCUT2D eigenvalue weighted by Crippen LogP contribution is 2.30. The molecule has 1 aliphatic rings. The summed E-state index contributed by atoms with van der Waals surface area (Å²) in [6, 6.07) is 6.72. The third-order valence-corrected chi connectivity index (χ3v) is 4.93. The number of nitrogens with two attached hydrogens (primary N) is 2. The van der Waals surface area contributed by atoms with Crippen molar-refractivity contribution in [2.75, 3.05) is 17.6 Å². The second kappa shape index (κ2) is 6.92. The van der Waals surface area contributed by atoms with Gasteiger partial charge in [0.1, 0.15) is 5.52 Å². The molecule has 0 saturated heterocycles. The van der Waals surface area contributed by atoms with Crippen LogP contribution in [0, 0.1) is 0 Å². The fourth-order valence-corrected chi connectivity index (χ4v) is 3.55. The third kappa shape index (κ3) is 3.22. The Hall–Kier alpha value is -2.67. The highest BCUT2D eigenvalue weighted by Gasteiger charge is 2.19. The average molecular weight is 351 g/mol. The highest BCUT2D eigenvalue weighted by atomic mass is 15.3. The number of nitrogens with zero attached hydrogens (tertiary/aromatic N) is 4. The normalized spacial score (nSPS) is 16.2. The van der Waals surface area contributed by atoms with E-state index in [0.29, 0.717) is 12.4 Å². The van der Waals surface area contributed by atoms with Crippen LogP contribution in [0.3, 0.4) is 0 Å². The van der Waals surface area contributed by atoms with E-state index in [0.717, 1.165) is 43.3 Å². The first kappa shape index (κ1) is 16.8. The SMILES string of the molecule is CCCCNc1nc(N)nc2cn(Cc3ccc4c(c3)CC[C@@H]4N)nc12. The molecule has 0 fully saturated rings. The van der Waals surface area contributed by atoms with Crippen molar-refractivity contribution >= 4 is 22.8 Å². The zero-order chi connectivity index (χ0) is 18.1. The monoisotopic (exact) mass is 351 g/mol. The Kier molecular flexibility index (Phi) is 4.46. The van der Waals surface area contributed by atoms with Gasteiger partial charge in [0.25, 0.3) is 0 Å². The second-order valence-corrected chi connectivity index (χ2v) is 6.95. The quantitative estimate of drug-likeness (QED) is 0.589. The highest BCUT2D eigenvalue weighted by molar-refractivity contribution is 5.85.